The van der Waals surface area contributed by atoms with Crippen molar-refractivity contribution in [3.63, 3.8) is 0 Å². The normalized spacial score (nSPS) is 12.0. The molecule has 22 heavy (non-hydrogen) atoms. The molecule has 3 rings (SSSR count). The topological polar surface area (TPSA) is 86.2 Å². The van der Waals surface area contributed by atoms with Crippen LogP contribution in [0.15, 0.2) is 54.6 Å². The molecule has 0 aliphatic carbocycles. The number of phenols is 2. The number of aromatic hydroxyl groups is 2. The Balaban J connectivity index is 1.96. The van der Waals surface area contributed by atoms with E-state index < -0.39 is 5.92 Å². The number of phenolic OH excluding ortho intramolecular Hbond substituents is 2. The van der Waals surface area contributed by atoms with E-state index in [-0.39, 0.29) is 11.5 Å². The van der Waals surface area contributed by atoms with Crippen LogP contribution in [0.3, 0.4) is 0 Å². The molecule has 5 heteroatoms. The minimum absolute atomic E-state index is 0.219. The molecule has 2 aromatic carbocycles. The van der Waals surface area contributed by atoms with Crippen molar-refractivity contribution in [1.29, 1.82) is 0 Å². The zero-order valence-electron chi connectivity index (χ0n) is 11.6. The molecule has 110 valence electrons. The molecule has 3 aromatic rings. The van der Waals surface area contributed by atoms with Gasteiger partial charge in [-0.15, -0.1) is 0 Å². The molecule has 0 radical (unpaired) electrons. The van der Waals surface area contributed by atoms with Crippen molar-refractivity contribution >= 4 is 6.29 Å². The fraction of sp³-hybridized carbons (Fsp3) is 0.0588. The van der Waals surface area contributed by atoms with Gasteiger partial charge in [0.2, 0.25) is 0 Å². The van der Waals surface area contributed by atoms with E-state index in [1.54, 1.807) is 12.1 Å². The molecule has 1 unspecified atom stereocenters. The van der Waals surface area contributed by atoms with Gasteiger partial charge in [-0.25, -0.2) is 0 Å². The lowest BCUT2D eigenvalue weighted by Crippen LogP contribution is -2.02. The molecule has 5 nitrogen and oxygen atoms in total. The fourth-order valence-electron chi connectivity index (χ4n) is 2.32. The number of aromatic nitrogens is 2. The number of H-pyrrole nitrogens is 1. The number of carbonyl (C=O) groups is 1. The molecule has 1 atom stereocenters. The van der Waals surface area contributed by atoms with Crippen molar-refractivity contribution in [3.8, 4) is 22.8 Å². The van der Waals surface area contributed by atoms with Crippen LogP contribution in [0.1, 0.15) is 17.2 Å². The molecular formula is C17H14N2O3. The number of rotatable bonds is 4. The SMILES string of the molecule is O=CC(c1ccc(O)c(O)c1)c1cc(-c2ccccc2)n[nH]1. The maximum Gasteiger partial charge on any atom is 0.157 e. The van der Waals surface area contributed by atoms with Gasteiger partial charge in [-0.3, -0.25) is 5.10 Å². The summed E-state index contributed by atoms with van der Waals surface area (Å²) in [5.74, 6) is -1.06. The summed E-state index contributed by atoms with van der Waals surface area (Å²) in [5.41, 5.74) is 2.89. The summed E-state index contributed by atoms with van der Waals surface area (Å²) >= 11 is 0. The van der Waals surface area contributed by atoms with Crippen LogP contribution in [0.5, 0.6) is 11.5 Å². The van der Waals surface area contributed by atoms with Crippen molar-refractivity contribution < 1.29 is 15.0 Å². The Morgan fingerprint density at radius 1 is 1.00 bits per heavy atom. The summed E-state index contributed by atoms with van der Waals surface area (Å²) in [5, 5.41) is 26.0. The summed E-state index contributed by atoms with van der Waals surface area (Å²) < 4.78 is 0. The predicted molar refractivity (Wildman–Crippen MR) is 81.7 cm³/mol. The number of hydrogen-bond donors (Lipinski definition) is 3. The van der Waals surface area contributed by atoms with E-state index in [0.29, 0.717) is 11.3 Å². The van der Waals surface area contributed by atoms with E-state index in [2.05, 4.69) is 10.2 Å². The molecule has 1 aromatic heterocycles. The Morgan fingerprint density at radius 3 is 2.45 bits per heavy atom. The lowest BCUT2D eigenvalue weighted by Gasteiger charge is -2.09. The van der Waals surface area contributed by atoms with Gasteiger partial charge in [0.1, 0.15) is 6.29 Å². The predicted octanol–water partition coefficient (Wildman–Crippen LogP) is 2.82. The highest BCUT2D eigenvalue weighted by molar-refractivity contribution is 5.70. The first-order valence-corrected chi connectivity index (χ1v) is 6.77. The highest BCUT2D eigenvalue weighted by Gasteiger charge is 2.18. The molecule has 0 aliphatic heterocycles. The molecular weight excluding hydrogens is 280 g/mol. The van der Waals surface area contributed by atoms with Gasteiger partial charge in [-0.05, 0) is 23.8 Å². The second kappa shape index (κ2) is 5.73. The monoisotopic (exact) mass is 294 g/mol. The minimum atomic E-state index is -0.587. The largest absolute Gasteiger partial charge is 0.504 e. The van der Waals surface area contributed by atoms with E-state index in [1.165, 1.54) is 12.1 Å². The maximum absolute atomic E-state index is 11.5. The van der Waals surface area contributed by atoms with Gasteiger partial charge in [0.25, 0.3) is 0 Å². The number of hydrogen-bond acceptors (Lipinski definition) is 4. The summed E-state index contributed by atoms with van der Waals surface area (Å²) in [6.07, 6.45) is 0.772. The lowest BCUT2D eigenvalue weighted by molar-refractivity contribution is -0.108. The Hall–Kier alpha value is -3.08. The van der Waals surface area contributed by atoms with Gasteiger partial charge < -0.3 is 15.0 Å². The fourth-order valence-corrected chi connectivity index (χ4v) is 2.32. The van der Waals surface area contributed by atoms with Crippen LogP contribution in [-0.4, -0.2) is 26.7 Å². The third kappa shape index (κ3) is 2.56. The Labute approximate surface area is 126 Å². The Bertz CT molecular complexity index is 797. The minimum Gasteiger partial charge on any atom is -0.504 e. The second-order valence-corrected chi connectivity index (χ2v) is 4.94. The standard InChI is InChI=1S/C17H14N2O3/c20-10-13(12-6-7-16(21)17(22)8-12)15-9-14(18-19-15)11-4-2-1-3-5-11/h1-10,13,21-22H,(H,18,19). The van der Waals surface area contributed by atoms with Crippen LogP contribution >= 0.6 is 0 Å². The Morgan fingerprint density at radius 2 is 1.77 bits per heavy atom. The summed E-state index contributed by atoms with van der Waals surface area (Å²) in [6.45, 7) is 0. The van der Waals surface area contributed by atoms with E-state index in [1.807, 2.05) is 30.3 Å². The smallest absolute Gasteiger partial charge is 0.157 e. The van der Waals surface area contributed by atoms with Crippen LogP contribution in [-0.2, 0) is 4.79 Å². The first-order valence-electron chi connectivity index (χ1n) is 6.77. The van der Waals surface area contributed by atoms with Gasteiger partial charge in [0, 0.05) is 5.56 Å². The molecule has 0 saturated carbocycles. The van der Waals surface area contributed by atoms with E-state index >= 15 is 0 Å². The molecule has 0 spiro atoms. The van der Waals surface area contributed by atoms with Crippen molar-refractivity contribution in [2.24, 2.45) is 0 Å². The van der Waals surface area contributed by atoms with Crippen molar-refractivity contribution in [2.45, 2.75) is 5.92 Å². The lowest BCUT2D eigenvalue weighted by atomic mass is 9.96. The van der Waals surface area contributed by atoms with Crippen LogP contribution < -0.4 is 0 Å². The quantitative estimate of drug-likeness (QED) is 0.510. The highest BCUT2D eigenvalue weighted by Crippen LogP contribution is 2.31. The summed E-state index contributed by atoms with van der Waals surface area (Å²) in [4.78, 5) is 11.5. The molecule has 3 N–H and O–H groups in total. The number of aromatic amines is 1. The van der Waals surface area contributed by atoms with Crippen molar-refractivity contribution in [3.05, 3.63) is 65.9 Å². The summed E-state index contributed by atoms with van der Waals surface area (Å²) in [7, 11) is 0. The molecule has 0 amide bonds. The second-order valence-electron chi connectivity index (χ2n) is 4.94. The van der Waals surface area contributed by atoms with E-state index in [9.17, 15) is 15.0 Å². The van der Waals surface area contributed by atoms with Crippen LogP contribution in [0.25, 0.3) is 11.3 Å². The first kappa shape index (κ1) is 13.9. The number of carbonyl (C=O) groups excluding carboxylic acids is 1. The van der Waals surface area contributed by atoms with Crippen LogP contribution in [0, 0.1) is 0 Å². The molecule has 0 fully saturated rings. The molecule has 1 heterocycles. The van der Waals surface area contributed by atoms with Crippen LogP contribution in [0.4, 0.5) is 0 Å². The zero-order chi connectivity index (χ0) is 15.5. The van der Waals surface area contributed by atoms with Crippen molar-refractivity contribution in [2.75, 3.05) is 0 Å². The third-order valence-corrected chi connectivity index (χ3v) is 3.50. The number of benzene rings is 2. The van der Waals surface area contributed by atoms with Gasteiger partial charge in [0.15, 0.2) is 11.5 Å². The van der Waals surface area contributed by atoms with Gasteiger partial charge in [-0.2, -0.15) is 5.10 Å². The maximum atomic E-state index is 11.5. The highest BCUT2D eigenvalue weighted by atomic mass is 16.3. The number of aldehydes is 1. The van der Waals surface area contributed by atoms with Gasteiger partial charge >= 0.3 is 0 Å². The summed E-state index contributed by atoms with van der Waals surface area (Å²) in [6, 6.07) is 15.7. The van der Waals surface area contributed by atoms with E-state index in [4.69, 9.17) is 0 Å². The van der Waals surface area contributed by atoms with Crippen LogP contribution in [0.2, 0.25) is 0 Å². The zero-order valence-corrected chi connectivity index (χ0v) is 11.6. The number of nitrogens with zero attached hydrogens (tertiary/aromatic N) is 1. The first-order chi connectivity index (χ1) is 10.7. The molecule has 0 aliphatic rings. The van der Waals surface area contributed by atoms with Gasteiger partial charge in [0.05, 0.1) is 17.3 Å². The van der Waals surface area contributed by atoms with E-state index in [0.717, 1.165) is 17.5 Å². The van der Waals surface area contributed by atoms with Crippen molar-refractivity contribution in [1.82, 2.24) is 10.2 Å². The third-order valence-electron chi connectivity index (χ3n) is 3.50. The average molecular weight is 294 g/mol. The Kier molecular flexibility index (Phi) is 3.62. The number of nitrogens with one attached hydrogen (secondary N) is 1. The average Bonchev–Trinajstić information content (AvgIpc) is 3.02. The van der Waals surface area contributed by atoms with Gasteiger partial charge in [-0.1, -0.05) is 36.4 Å². The molecule has 0 bridgehead atoms. The molecule has 0 saturated heterocycles.